The predicted molar refractivity (Wildman–Crippen MR) is 75.4 cm³/mol. The van der Waals surface area contributed by atoms with Crippen molar-refractivity contribution in [2.45, 2.75) is 0 Å². The van der Waals surface area contributed by atoms with Crippen LogP contribution in [0.5, 0.6) is 0 Å². The van der Waals surface area contributed by atoms with Crippen molar-refractivity contribution in [3.63, 3.8) is 0 Å². The molecule has 3 heterocycles. The summed E-state index contributed by atoms with van der Waals surface area (Å²) in [5.74, 6) is 0. The van der Waals surface area contributed by atoms with Crippen LogP contribution in [-0.2, 0) is 4.79 Å². The smallest absolute Gasteiger partial charge is 0.151 e. The summed E-state index contributed by atoms with van der Waals surface area (Å²) in [5.41, 5.74) is 2.98. The van der Waals surface area contributed by atoms with E-state index >= 15 is 0 Å². The van der Waals surface area contributed by atoms with Gasteiger partial charge in [-0.05, 0) is 18.2 Å². The van der Waals surface area contributed by atoms with E-state index in [0.717, 1.165) is 29.4 Å². The first-order valence-corrected chi connectivity index (χ1v) is 6.30. The summed E-state index contributed by atoms with van der Waals surface area (Å²) in [6.07, 6.45) is 8.85. The van der Waals surface area contributed by atoms with Crippen molar-refractivity contribution in [3.8, 4) is 0 Å². The van der Waals surface area contributed by atoms with Gasteiger partial charge in [-0.3, -0.25) is 4.79 Å². The van der Waals surface area contributed by atoms with Crippen LogP contribution in [0.3, 0.4) is 0 Å². The van der Waals surface area contributed by atoms with Gasteiger partial charge in [-0.2, -0.15) is 0 Å². The Morgan fingerprint density at radius 1 is 1.21 bits per heavy atom. The second-order valence-corrected chi connectivity index (χ2v) is 4.78. The average molecular weight is 248 g/mol. The van der Waals surface area contributed by atoms with Crippen LogP contribution in [0.4, 0.5) is 0 Å². The molecule has 19 heavy (non-hydrogen) atoms. The monoisotopic (exact) mass is 248 g/mol. The minimum absolute atomic E-state index is 0.705. The molecular weight excluding hydrogens is 236 g/mol. The van der Waals surface area contributed by atoms with Crippen LogP contribution in [0.2, 0.25) is 0 Å². The number of H-pyrrole nitrogens is 1. The molecule has 1 aromatic heterocycles. The number of aromatic nitrogens is 1. The number of allylic oxidation sites excluding steroid dienone is 2. The summed E-state index contributed by atoms with van der Waals surface area (Å²) in [6.45, 7) is 0.797. The lowest BCUT2D eigenvalue weighted by atomic mass is 10.1. The number of aromatic amines is 1. The van der Waals surface area contributed by atoms with Crippen molar-refractivity contribution in [1.29, 1.82) is 0 Å². The third kappa shape index (κ3) is 1.41. The van der Waals surface area contributed by atoms with Gasteiger partial charge in [0.1, 0.15) is 0 Å². The standard InChI is InChI=1S/C16H12N2O/c19-10-11-5-6-15-16-13(7-8-18(15)9-11)12-3-1-2-4-14(12)17-16/h1-7,9-10,17H,8H2. The third-order valence-corrected chi connectivity index (χ3v) is 3.68. The van der Waals surface area contributed by atoms with Gasteiger partial charge in [0.2, 0.25) is 0 Å². The molecule has 0 atom stereocenters. The molecule has 2 aliphatic rings. The van der Waals surface area contributed by atoms with E-state index < -0.39 is 0 Å². The van der Waals surface area contributed by atoms with Crippen LogP contribution >= 0.6 is 0 Å². The highest BCUT2D eigenvalue weighted by atomic mass is 16.1. The highest BCUT2D eigenvalue weighted by Crippen LogP contribution is 2.17. The second-order valence-electron chi connectivity index (χ2n) is 4.78. The van der Waals surface area contributed by atoms with Crippen molar-refractivity contribution in [2.24, 2.45) is 0 Å². The lowest BCUT2D eigenvalue weighted by Gasteiger charge is -2.25. The molecule has 0 amide bonds. The number of fused-ring (bicyclic) bond motifs is 4. The van der Waals surface area contributed by atoms with E-state index in [2.05, 4.69) is 34.2 Å². The molecule has 1 aromatic carbocycles. The van der Waals surface area contributed by atoms with Gasteiger partial charge in [-0.15, -0.1) is 0 Å². The minimum atomic E-state index is 0.705. The van der Waals surface area contributed by atoms with Crippen LogP contribution in [-0.4, -0.2) is 22.7 Å². The number of hydrogen-bond acceptors (Lipinski definition) is 2. The van der Waals surface area contributed by atoms with Crippen molar-refractivity contribution in [2.75, 3.05) is 6.54 Å². The van der Waals surface area contributed by atoms with Crippen LogP contribution in [0.1, 0.15) is 0 Å². The van der Waals surface area contributed by atoms with Gasteiger partial charge in [0.15, 0.2) is 6.29 Å². The zero-order valence-electron chi connectivity index (χ0n) is 10.3. The van der Waals surface area contributed by atoms with Crippen molar-refractivity contribution in [3.05, 3.63) is 58.8 Å². The Kier molecular flexibility index (Phi) is 2.03. The molecular formula is C16H12N2O. The molecule has 0 saturated carbocycles. The number of carbonyl (C=O) groups is 1. The van der Waals surface area contributed by atoms with E-state index in [4.69, 9.17) is 0 Å². The second kappa shape index (κ2) is 3.72. The van der Waals surface area contributed by atoms with Crippen molar-refractivity contribution < 1.29 is 4.79 Å². The summed E-state index contributed by atoms with van der Waals surface area (Å²) in [7, 11) is 0. The number of carbonyl (C=O) groups excluding carboxylic acids is 1. The average Bonchev–Trinajstić information content (AvgIpc) is 2.85. The maximum absolute atomic E-state index is 10.8. The van der Waals surface area contributed by atoms with Gasteiger partial charge in [0.05, 0.1) is 11.0 Å². The number of aldehydes is 1. The molecule has 0 radical (unpaired) electrons. The summed E-state index contributed by atoms with van der Waals surface area (Å²) in [6, 6.07) is 8.32. The van der Waals surface area contributed by atoms with E-state index in [-0.39, 0.29) is 0 Å². The lowest BCUT2D eigenvalue weighted by molar-refractivity contribution is -0.104. The normalized spacial score (nSPS) is 16.7. The van der Waals surface area contributed by atoms with Crippen LogP contribution in [0.15, 0.2) is 48.2 Å². The number of benzene rings is 1. The van der Waals surface area contributed by atoms with E-state index in [1.165, 1.54) is 10.6 Å². The lowest BCUT2D eigenvalue weighted by Crippen LogP contribution is -2.37. The van der Waals surface area contributed by atoms with Crippen molar-refractivity contribution >= 4 is 29.0 Å². The third-order valence-electron chi connectivity index (χ3n) is 3.68. The van der Waals surface area contributed by atoms with E-state index in [9.17, 15) is 4.79 Å². The molecule has 1 N–H and O–H groups in total. The Morgan fingerprint density at radius 2 is 2.11 bits per heavy atom. The molecule has 0 fully saturated rings. The van der Waals surface area contributed by atoms with Gasteiger partial charge in [-0.1, -0.05) is 24.3 Å². The summed E-state index contributed by atoms with van der Waals surface area (Å²) in [5, 5.41) is 3.64. The Bertz CT molecular complexity index is 868. The topological polar surface area (TPSA) is 36.1 Å². The fraction of sp³-hybridized carbons (Fsp3) is 0.0625. The van der Waals surface area contributed by atoms with Gasteiger partial charge in [0, 0.05) is 34.4 Å². The SMILES string of the molecule is O=CC1=CN2CC=c3c([nH]c4ccccc34)=C2C=C1. The Hall–Kier alpha value is -2.55. The number of rotatable bonds is 1. The maximum Gasteiger partial charge on any atom is 0.151 e. The quantitative estimate of drug-likeness (QED) is 0.765. The minimum Gasteiger partial charge on any atom is -0.353 e. The zero-order valence-corrected chi connectivity index (χ0v) is 10.3. The van der Waals surface area contributed by atoms with E-state index in [0.29, 0.717) is 5.57 Å². The Balaban J connectivity index is 2.08. The molecule has 4 rings (SSSR count). The largest absolute Gasteiger partial charge is 0.353 e. The fourth-order valence-electron chi connectivity index (χ4n) is 2.78. The molecule has 0 bridgehead atoms. The highest BCUT2D eigenvalue weighted by molar-refractivity contribution is 5.85. The van der Waals surface area contributed by atoms with Crippen molar-refractivity contribution in [1.82, 2.24) is 9.88 Å². The van der Waals surface area contributed by atoms with Gasteiger partial charge >= 0.3 is 0 Å². The van der Waals surface area contributed by atoms with Crippen LogP contribution in [0.25, 0.3) is 22.7 Å². The molecule has 3 nitrogen and oxygen atoms in total. The number of para-hydroxylation sites is 1. The molecule has 0 aliphatic carbocycles. The van der Waals surface area contributed by atoms with Crippen LogP contribution in [0, 0.1) is 0 Å². The molecule has 3 heteroatoms. The molecule has 2 aromatic rings. The number of nitrogens with zero attached hydrogens (tertiary/aromatic N) is 1. The van der Waals surface area contributed by atoms with E-state index in [1.54, 1.807) is 0 Å². The summed E-state index contributed by atoms with van der Waals surface area (Å²) in [4.78, 5) is 16.4. The first-order chi connectivity index (χ1) is 9.36. The first kappa shape index (κ1) is 10.4. The maximum atomic E-state index is 10.8. The van der Waals surface area contributed by atoms with Gasteiger partial charge < -0.3 is 9.88 Å². The Labute approximate surface area is 109 Å². The zero-order chi connectivity index (χ0) is 12.8. The fourth-order valence-corrected chi connectivity index (χ4v) is 2.78. The van der Waals surface area contributed by atoms with Gasteiger partial charge in [0.25, 0.3) is 0 Å². The summed E-state index contributed by atoms with van der Waals surface area (Å²) < 4.78 is 0. The van der Waals surface area contributed by atoms with Crippen LogP contribution < -0.4 is 10.6 Å². The number of nitrogens with one attached hydrogen (secondary N) is 1. The predicted octanol–water partition coefficient (Wildman–Crippen LogP) is 1.02. The molecule has 0 saturated heterocycles. The molecule has 0 spiro atoms. The summed E-state index contributed by atoms with van der Waals surface area (Å²) >= 11 is 0. The Morgan fingerprint density at radius 3 is 3.00 bits per heavy atom. The number of hydrogen-bond donors (Lipinski definition) is 1. The first-order valence-electron chi connectivity index (χ1n) is 6.30. The highest BCUT2D eigenvalue weighted by Gasteiger charge is 2.16. The van der Waals surface area contributed by atoms with Gasteiger partial charge in [-0.25, -0.2) is 0 Å². The molecule has 2 aliphatic heterocycles. The molecule has 92 valence electrons. The van der Waals surface area contributed by atoms with E-state index in [1.807, 2.05) is 24.4 Å². The molecule has 0 unspecified atom stereocenters.